The normalized spacial score (nSPS) is 19.5. The molecule has 7 rings (SSSR count). The van der Waals surface area contributed by atoms with Crippen LogP contribution in [-0.2, 0) is 20.3 Å². The van der Waals surface area contributed by atoms with Crippen LogP contribution in [0, 0.1) is 17.6 Å². The summed E-state index contributed by atoms with van der Waals surface area (Å²) in [4.78, 5) is 45.5. The minimum Gasteiger partial charge on any atom is -0.477 e. The van der Waals surface area contributed by atoms with Gasteiger partial charge in [0.05, 0.1) is 39.0 Å². The molecule has 4 aliphatic heterocycles. The smallest absolute Gasteiger partial charge is 0.474 e. The van der Waals surface area contributed by atoms with Gasteiger partial charge in [-0.05, 0) is 58.4 Å². The van der Waals surface area contributed by atoms with E-state index in [4.69, 9.17) is 14.0 Å². The van der Waals surface area contributed by atoms with Crippen molar-refractivity contribution in [3.63, 3.8) is 0 Å². The Morgan fingerprint density at radius 2 is 1.94 bits per heavy atom. The number of phosphoric acid groups is 1. The minimum absolute atomic E-state index is 0.0334. The first-order valence-electron chi connectivity index (χ1n) is 16.1. The number of aromatic carboxylic acids is 1. The average Bonchev–Trinajstić information content (AvgIpc) is 3.73. The largest absolute Gasteiger partial charge is 0.477 e. The number of rotatable bonds is 8. The molecular formula is C34H37F2N6O7P. The molecule has 1 aromatic carbocycles. The zero-order chi connectivity index (χ0) is 35.9. The lowest BCUT2D eigenvalue weighted by molar-refractivity contribution is 0.0486. The van der Waals surface area contributed by atoms with Crippen molar-refractivity contribution in [1.82, 2.24) is 18.9 Å². The molecule has 0 aliphatic carbocycles. The summed E-state index contributed by atoms with van der Waals surface area (Å²) in [6.45, 7) is 6.22. The molecule has 0 amide bonds. The predicted molar refractivity (Wildman–Crippen MR) is 184 cm³/mol. The number of fused-ring (bicyclic) bond motifs is 5. The molecule has 1 unspecified atom stereocenters. The molecule has 0 bridgehead atoms. The molecule has 2 fully saturated rings. The number of likely N-dealkylation sites (N-methyl/N-ethyl adjacent to an activating group) is 1. The standard InChI is InChI=1S/C34H37F2N6O7P/c1-34(2,3)49-50(46,47)48-17-40-15-21(19-12-20(33(44)45)32(43)42-10-7-6-8-24(19)42)30(41-11-9-18-14-39(5)16-25(18)41)27-26-28(36)22(35)13-23(37-4)29(26)38-31(27)40/h6-8,10,12-13,15,18,25,37H,9,11,14,16-17H2,1-5H3,(H,44,45)(H,46,47)/t18-,25+/m0/s1. The second-order valence-electron chi connectivity index (χ2n) is 13.9. The van der Waals surface area contributed by atoms with Crippen molar-refractivity contribution in [2.45, 2.75) is 45.6 Å². The van der Waals surface area contributed by atoms with E-state index < -0.39 is 48.9 Å². The zero-order valence-electron chi connectivity index (χ0n) is 28.1. The van der Waals surface area contributed by atoms with Crippen molar-refractivity contribution in [1.29, 1.82) is 0 Å². The van der Waals surface area contributed by atoms with Crippen LogP contribution in [0.15, 0.2) is 47.5 Å². The lowest BCUT2D eigenvalue weighted by Crippen LogP contribution is -2.35. The second-order valence-corrected chi connectivity index (χ2v) is 15.2. The number of nitrogens with zero attached hydrogens (tertiary/aromatic N) is 5. The molecule has 0 radical (unpaired) electrons. The highest BCUT2D eigenvalue weighted by molar-refractivity contribution is 7.47. The Hall–Kier alpha value is -4.40. The number of phosphoric ester groups is 1. The Morgan fingerprint density at radius 3 is 2.64 bits per heavy atom. The third kappa shape index (κ3) is 5.72. The Labute approximate surface area is 285 Å². The zero-order valence-corrected chi connectivity index (χ0v) is 29.0. The molecule has 3 atom stereocenters. The van der Waals surface area contributed by atoms with Crippen LogP contribution >= 0.6 is 7.82 Å². The molecule has 2 aromatic heterocycles. The number of pyridine rings is 3. The molecule has 3 N–H and O–H groups in total. The number of hydrogen-bond acceptors (Lipinski definition) is 9. The summed E-state index contributed by atoms with van der Waals surface area (Å²) < 4.78 is 58.1. The van der Waals surface area contributed by atoms with Crippen LogP contribution in [0.1, 0.15) is 37.6 Å². The van der Waals surface area contributed by atoms with E-state index in [0.29, 0.717) is 35.4 Å². The first-order valence-corrected chi connectivity index (χ1v) is 17.6. The van der Waals surface area contributed by atoms with Gasteiger partial charge >= 0.3 is 13.8 Å². The van der Waals surface area contributed by atoms with Crippen LogP contribution in [-0.4, -0.2) is 80.2 Å². The molecule has 13 nitrogen and oxygen atoms in total. The molecule has 16 heteroatoms. The number of halogens is 2. The fraction of sp³-hybridized carbons (Fsp3) is 0.382. The highest BCUT2D eigenvalue weighted by Gasteiger charge is 2.43. The van der Waals surface area contributed by atoms with Gasteiger partial charge in [-0.1, -0.05) is 6.07 Å². The average molecular weight is 711 g/mol. The van der Waals surface area contributed by atoms with E-state index in [9.17, 15) is 24.2 Å². The van der Waals surface area contributed by atoms with Gasteiger partial charge in [-0.2, -0.15) is 0 Å². The third-order valence-corrected chi connectivity index (χ3v) is 10.6. The van der Waals surface area contributed by atoms with Gasteiger partial charge in [0.25, 0.3) is 5.56 Å². The number of carbonyl (C=O) groups is 1. The van der Waals surface area contributed by atoms with Crippen LogP contribution in [0.3, 0.4) is 0 Å². The number of carboxylic acid groups (broad SMARTS) is 1. The van der Waals surface area contributed by atoms with Crippen LogP contribution in [0.2, 0.25) is 0 Å². The first kappa shape index (κ1) is 34.1. The van der Waals surface area contributed by atoms with Gasteiger partial charge in [-0.15, -0.1) is 0 Å². The number of hydrogen-bond donors (Lipinski definition) is 3. The summed E-state index contributed by atoms with van der Waals surface area (Å²) in [6, 6.07) is 7.21. The number of nitrogens with one attached hydrogen (secondary N) is 1. The molecule has 264 valence electrons. The molecule has 6 heterocycles. The van der Waals surface area contributed by atoms with E-state index in [1.165, 1.54) is 21.2 Å². The maximum atomic E-state index is 16.2. The van der Waals surface area contributed by atoms with Crippen molar-refractivity contribution in [2.75, 3.05) is 43.9 Å². The maximum Gasteiger partial charge on any atom is 0.474 e. The monoisotopic (exact) mass is 710 g/mol. The Morgan fingerprint density at radius 1 is 1.18 bits per heavy atom. The van der Waals surface area contributed by atoms with E-state index >= 15 is 8.78 Å². The van der Waals surface area contributed by atoms with Crippen molar-refractivity contribution >= 4 is 41.6 Å². The van der Waals surface area contributed by atoms with Crippen LogP contribution in [0.5, 0.6) is 0 Å². The van der Waals surface area contributed by atoms with Crippen LogP contribution in [0.25, 0.3) is 38.9 Å². The van der Waals surface area contributed by atoms with Gasteiger partial charge < -0.3 is 29.7 Å². The lowest BCUT2D eigenvalue weighted by atomic mass is 9.95. The van der Waals surface area contributed by atoms with E-state index in [2.05, 4.69) is 15.1 Å². The maximum absolute atomic E-state index is 16.2. The molecule has 4 aliphatic rings. The highest BCUT2D eigenvalue weighted by atomic mass is 31.2. The number of benzene rings is 1. The minimum atomic E-state index is -4.67. The molecule has 2 saturated heterocycles. The van der Waals surface area contributed by atoms with E-state index in [1.807, 2.05) is 7.05 Å². The topological polar surface area (TPSA) is 151 Å². The summed E-state index contributed by atoms with van der Waals surface area (Å²) in [5.41, 5.74) is -0.284. The quantitative estimate of drug-likeness (QED) is 0.176. The molecule has 0 saturated carbocycles. The van der Waals surface area contributed by atoms with Crippen molar-refractivity contribution < 1.29 is 37.2 Å². The highest BCUT2D eigenvalue weighted by Crippen LogP contribution is 2.52. The number of carboxylic acids is 1. The summed E-state index contributed by atoms with van der Waals surface area (Å²) in [7, 11) is -1.10. The number of anilines is 2. The number of aromatic nitrogens is 3. The molecular weight excluding hydrogens is 673 g/mol. The van der Waals surface area contributed by atoms with E-state index in [-0.39, 0.29) is 39.9 Å². The lowest BCUT2D eigenvalue weighted by Gasteiger charge is -2.32. The Bertz CT molecular complexity index is 2270. The van der Waals surface area contributed by atoms with Crippen molar-refractivity contribution in [3.8, 4) is 22.5 Å². The van der Waals surface area contributed by atoms with Crippen LogP contribution < -0.4 is 15.8 Å². The molecule has 50 heavy (non-hydrogen) atoms. The fourth-order valence-corrected chi connectivity index (χ4v) is 8.45. The molecule has 0 spiro atoms. The van der Waals surface area contributed by atoms with Crippen LogP contribution in [0.4, 0.5) is 20.2 Å². The summed E-state index contributed by atoms with van der Waals surface area (Å²) in [6.07, 6.45) is 3.85. The van der Waals surface area contributed by atoms with Gasteiger partial charge in [0.1, 0.15) is 18.1 Å². The van der Waals surface area contributed by atoms with Gasteiger partial charge in [0, 0.05) is 62.3 Å². The Balaban J connectivity index is 1.62. The first-order chi connectivity index (χ1) is 23.6. The summed E-state index contributed by atoms with van der Waals surface area (Å²) >= 11 is 0. The van der Waals surface area contributed by atoms with Crippen molar-refractivity contribution in [2.24, 2.45) is 5.92 Å². The molecule has 3 aromatic rings. The summed E-state index contributed by atoms with van der Waals surface area (Å²) in [5.74, 6) is -3.31. The van der Waals surface area contributed by atoms with Crippen molar-refractivity contribution in [3.05, 3.63) is 70.3 Å². The SMILES string of the molecule is CNc1cc(F)c(F)c2c3c(N4CC[C@H]5CN(C)C[C@H]54)c(-c4cc(C(=O)O)c(=O)n5ccccc45)cn(COP(=O)(O)OC(C)(C)C)c-3nc12. The van der Waals surface area contributed by atoms with Gasteiger partial charge in [-0.25, -0.2) is 23.1 Å². The van der Waals surface area contributed by atoms with E-state index in [0.717, 1.165) is 19.0 Å². The number of likely N-dealkylation sites (tertiary alicyclic amines) is 1. The van der Waals surface area contributed by atoms with E-state index in [1.54, 1.807) is 52.2 Å². The Kier molecular flexibility index (Phi) is 8.27. The van der Waals surface area contributed by atoms with Gasteiger partial charge in [0.15, 0.2) is 11.6 Å². The van der Waals surface area contributed by atoms with Gasteiger partial charge in [-0.3, -0.25) is 18.2 Å². The second kappa shape index (κ2) is 12.1. The fourth-order valence-electron chi connectivity index (χ4n) is 7.44. The predicted octanol–water partition coefficient (Wildman–Crippen LogP) is 5.47. The third-order valence-electron chi connectivity index (χ3n) is 9.36. The van der Waals surface area contributed by atoms with Gasteiger partial charge in [0.2, 0.25) is 0 Å². The summed E-state index contributed by atoms with van der Waals surface area (Å²) in [5, 5.41) is 12.9.